The lowest BCUT2D eigenvalue weighted by molar-refractivity contribution is 0.573. The Hall–Kier alpha value is -3.98. The molecule has 0 atom stereocenters. The number of tetrazole rings is 1. The minimum atomic E-state index is 0.129. The summed E-state index contributed by atoms with van der Waals surface area (Å²) in [7, 11) is 0. The number of nitrogens with two attached hydrogens (primary N) is 1. The van der Waals surface area contributed by atoms with Gasteiger partial charge in [-0.2, -0.15) is 10.5 Å². The molecular formula is C19H17N9. The van der Waals surface area contributed by atoms with Crippen molar-refractivity contribution >= 4 is 11.6 Å². The van der Waals surface area contributed by atoms with Crippen LogP contribution in [0.25, 0.3) is 22.5 Å². The molecule has 1 aromatic carbocycles. The monoisotopic (exact) mass is 371 g/mol. The van der Waals surface area contributed by atoms with Gasteiger partial charge in [-0.15, -0.1) is 5.10 Å². The van der Waals surface area contributed by atoms with Gasteiger partial charge in [-0.05, 0) is 41.3 Å². The number of nitriles is 2. The van der Waals surface area contributed by atoms with Crippen molar-refractivity contribution in [2.75, 3.05) is 23.7 Å². The number of nitrogens with zero attached hydrogens (tertiary/aromatic N) is 7. The van der Waals surface area contributed by atoms with Gasteiger partial charge >= 0.3 is 0 Å². The van der Waals surface area contributed by atoms with E-state index in [4.69, 9.17) is 5.73 Å². The first-order valence-electron chi connectivity index (χ1n) is 8.96. The molecule has 138 valence electrons. The highest BCUT2D eigenvalue weighted by atomic mass is 15.5. The maximum Gasteiger partial charge on any atom is 0.179 e. The summed E-state index contributed by atoms with van der Waals surface area (Å²) >= 11 is 0. The molecule has 0 bridgehead atoms. The molecule has 0 amide bonds. The van der Waals surface area contributed by atoms with Gasteiger partial charge in [0.1, 0.15) is 34.9 Å². The molecule has 1 aliphatic rings. The van der Waals surface area contributed by atoms with Crippen molar-refractivity contribution < 1.29 is 0 Å². The molecule has 1 aliphatic heterocycles. The summed E-state index contributed by atoms with van der Waals surface area (Å²) in [6.45, 7) is 1.63. The summed E-state index contributed by atoms with van der Waals surface area (Å²) < 4.78 is 0. The van der Waals surface area contributed by atoms with Crippen molar-refractivity contribution in [1.82, 2.24) is 25.6 Å². The average Bonchev–Trinajstić information content (AvgIpc) is 3.28. The molecule has 4 rings (SSSR count). The normalized spacial score (nSPS) is 13.7. The van der Waals surface area contributed by atoms with E-state index in [2.05, 4.69) is 42.6 Å². The van der Waals surface area contributed by atoms with Crippen LogP contribution in [0.1, 0.15) is 30.4 Å². The van der Waals surface area contributed by atoms with Crippen LogP contribution in [0.5, 0.6) is 0 Å². The molecule has 0 spiro atoms. The number of aromatic amines is 1. The van der Waals surface area contributed by atoms with Crippen LogP contribution in [-0.2, 0) is 0 Å². The quantitative estimate of drug-likeness (QED) is 0.713. The molecule has 28 heavy (non-hydrogen) atoms. The molecular weight excluding hydrogens is 354 g/mol. The second kappa shape index (κ2) is 7.33. The fourth-order valence-corrected chi connectivity index (χ4v) is 3.54. The van der Waals surface area contributed by atoms with E-state index in [1.165, 1.54) is 0 Å². The Bertz CT molecular complexity index is 1080. The molecule has 0 aliphatic carbocycles. The second-order valence-corrected chi connectivity index (χ2v) is 6.55. The Morgan fingerprint density at radius 2 is 1.79 bits per heavy atom. The number of hydrogen-bond acceptors (Lipinski definition) is 8. The number of hydrogen-bond donors (Lipinski definition) is 2. The van der Waals surface area contributed by atoms with Gasteiger partial charge in [0.2, 0.25) is 0 Å². The second-order valence-electron chi connectivity index (χ2n) is 6.55. The van der Waals surface area contributed by atoms with Crippen molar-refractivity contribution in [3.8, 4) is 34.7 Å². The van der Waals surface area contributed by atoms with Gasteiger partial charge in [0, 0.05) is 24.2 Å². The number of rotatable bonds is 3. The van der Waals surface area contributed by atoms with Gasteiger partial charge in [-0.25, -0.2) is 10.1 Å². The van der Waals surface area contributed by atoms with Crippen molar-refractivity contribution in [3.05, 3.63) is 35.4 Å². The molecule has 0 unspecified atom stereocenters. The molecule has 0 radical (unpaired) electrons. The fourth-order valence-electron chi connectivity index (χ4n) is 3.54. The number of nitrogens with one attached hydrogen (secondary N) is 1. The summed E-state index contributed by atoms with van der Waals surface area (Å²) in [5, 5.41) is 33.5. The third-order valence-corrected chi connectivity index (χ3v) is 4.86. The standard InChI is InChI=1S/C19H17N9/c20-10-14-16(12-5-4-6-13(9-12)18-24-26-27-25-18)15(11-21)19(23-17(14)22)28-7-2-1-3-8-28/h4-6,9H,1-3,7-8H2,(H2,22,23)(H,24,25,26,27). The van der Waals surface area contributed by atoms with E-state index >= 15 is 0 Å². The highest BCUT2D eigenvalue weighted by Crippen LogP contribution is 2.37. The average molecular weight is 371 g/mol. The molecule has 9 nitrogen and oxygen atoms in total. The summed E-state index contributed by atoms with van der Waals surface area (Å²) in [6.07, 6.45) is 3.23. The number of H-pyrrole nitrogens is 1. The van der Waals surface area contributed by atoms with Crippen LogP contribution >= 0.6 is 0 Å². The highest BCUT2D eigenvalue weighted by Gasteiger charge is 2.24. The van der Waals surface area contributed by atoms with Crippen molar-refractivity contribution in [2.24, 2.45) is 0 Å². The minimum Gasteiger partial charge on any atom is -0.383 e. The van der Waals surface area contributed by atoms with Crippen LogP contribution in [0.15, 0.2) is 24.3 Å². The number of pyridine rings is 1. The number of anilines is 2. The van der Waals surface area contributed by atoms with Crippen molar-refractivity contribution in [1.29, 1.82) is 10.5 Å². The number of benzene rings is 1. The number of aromatic nitrogens is 5. The molecule has 2 aromatic heterocycles. The van der Waals surface area contributed by atoms with Gasteiger partial charge in [0.15, 0.2) is 5.82 Å². The summed E-state index contributed by atoms with van der Waals surface area (Å²) in [5.41, 5.74) is 8.61. The maximum atomic E-state index is 9.95. The predicted molar refractivity (Wildman–Crippen MR) is 103 cm³/mol. The third kappa shape index (κ3) is 2.99. The van der Waals surface area contributed by atoms with E-state index in [9.17, 15) is 10.5 Å². The van der Waals surface area contributed by atoms with Crippen LogP contribution in [-0.4, -0.2) is 38.7 Å². The lowest BCUT2D eigenvalue weighted by Crippen LogP contribution is -2.31. The number of piperidine rings is 1. The lowest BCUT2D eigenvalue weighted by atomic mass is 9.94. The van der Waals surface area contributed by atoms with E-state index in [0.717, 1.165) is 37.9 Å². The maximum absolute atomic E-state index is 9.95. The van der Waals surface area contributed by atoms with Crippen molar-refractivity contribution in [3.63, 3.8) is 0 Å². The van der Waals surface area contributed by atoms with E-state index in [1.54, 1.807) is 0 Å². The zero-order valence-corrected chi connectivity index (χ0v) is 15.1. The molecule has 9 heteroatoms. The Balaban J connectivity index is 1.93. The molecule has 3 heterocycles. The minimum absolute atomic E-state index is 0.129. The summed E-state index contributed by atoms with van der Waals surface area (Å²) in [4.78, 5) is 6.49. The molecule has 0 saturated carbocycles. The smallest absolute Gasteiger partial charge is 0.179 e. The summed E-state index contributed by atoms with van der Waals surface area (Å²) in [6, 6.07) is 11.7. The van der Waals surface area contributed by atoms with Crippen molar-refractivity contribution in [2.45, 2.75) is 19.3 Å². The van der Waals surface area contributed by atoms with E-state index in [0.29, 0.717) is 28.3 Å². The highest BCUT2D eigenvalue weighted by molar-refractivity contribution is 5.86. The molecule has 1 fully saturated rings. The molecule has 1 saturated heterocycles. The predicted octanol–water partition coefficient (Wildman–Crippen LogP) is 2.24. The fraction of sp³-hybridized carbons (Fsp3) is 0.263. The van der Waals surface area contributed by atoms with Crippen LogP contribution in [0, 0.1) is 22.7 Å². The van der Waals surface area contributed by atoms with E-state index < -0.39 is 0 Å². The van der Waals surface area contributed by atoms with E-state index in [1.807, 2.05) is 24.3 Å². The van der Waals surface area contributed by atoms with Crippen LogP contribution in [0.2, 0.25) is 0 Å². The molecule has 3 aromatic rings. The lowest BCUT2D eigenvalue weighted by Gasteiger charge is -2.29. The first-order valence-corrected chi connectivity index (χ1v) is 8.96. The summed E-state index contributed by atoms with van der Waals surface area (Å²) in [5.74, 6) is 1.17. The van der Waals surface area contributed by atoms with Gasteiger partial charge in [-0.1, -0.05) is 18.2 Å². The number of nitrogen functional groups attached to an aromatic ring is 1. The Morgan fingerprint density at radius 1 is 1.04 bits per heavy atom. The van der Waals surface area contributed by atoms with Crippen LogP contribution < -0.4 is 10.6 Å². The first kappa shape index (κ1) is 17.4. The molecule has 3 N–H and O–H groups in total. The topological polar surface area (TPSA) is 144 Å². The van der Waals surface area contributed by atoms with Crippen LogP contribution in [0.3, 0.4) is 0 Å². The van der Waals surface area contributed by atoms with Gasteiger partial charge in [-0.3, -0.25) is 0 Å². The van der Waals surface area contributed by atoms with E-state index in [-0.39, 0.29) is 11.4 Å². The first-order chi connectivity index (χ1) is 13.7. The Kier molecular flexibility index (Phi) is 4.56. The zero-order chi connectivity index (χ0) is 19.5. The van der Waals surface area contributed by atoms with Gasteiger partial charge in [0.25, 0.3) is 0 Å². The third-order valence-electron chi connectivity index (χ3n) is 4.86. The van der Waals surface area contributed by atoms with Gasteiger partial charge in [0.05, 0.1) is 0 Å². The largest absolute Gasteiger partial charge is 0.383 e. The Morgan fingerprint density at radius 3 is 2.46 bits per heavy atom. The zero-order valence-electron chi connectivity index (χ0n) is 15.1. The SMILES string of the molecule is N#Cc1c(N)nc(N2CCCCC2)c(C#N)c1-c1cccc(-c2nnn[nH]2)c1. The van der Waals surface area contributed by atoms with Crippen LogP contribution in [0.4, 0.5) is 11.6 Å². The van der Waals surface area contributed by atoms with Gasteiger partial charge < -0.3 is 10.6 Å². The Labute approximate surface area is 161 Å².